The second kappa shape index (κ2) is 6.31. The zero-order valence-electron chi connectivity index (χ0n) is 11.1. The van der Waals surface area contributed by atoms with Crippen molar-refractivity contribution in [1.29, 1.82) is 0 Å². The first-order valence-corrected chi connectivity index (χ1v) is 7.07. The van der Waals surface area contributed by atoms with Crippen LogP contribution >= 0.6 is 15.9 Å². The summed E-state index contributed by atoms with van der Waals surface area (Å²) in [5, 5.41) is 3.25. The van der Waals surface area contributed by atoms with E-state index < -0.39 is 0 Å². The number of likely N-dealkylation sites (N-methyl/N-ethyl adjacent to an activating group) is 1. The van der Waals surface area contributed by atoms with Crippen LogP contribution in [0.4, 0.5) is 4.39 Å². The van der Waals surface area contributed by atoms with Gasteiger partial charge >= 0.3 is 0 Å². The van der Waals surface area contributed by atoms with Crippen molar-refractivity contribution in [3.8, 4) is 0 Å². The van der Waals surface area contributed by atoms with Gasteiger partial charge in [0, 0.05) is 6.04 Å². The van der Waals surface area contributed by atoms with Crippen LogP contribution in [0.1, 0.15) is 22.7 Å². The van der Waals surface area contributed by atoms with Crippen LogP contribution < -0.4 is 5.32 Å². The van der Waals surface area contributed by atoms with E-state index in [1.54, 1.807) is 12.1 Å². The smallest absolute Gasteiger partial charge is 0.137 e. The third kappa shape index (κ3) is 3.64. The molecule has 0 heterocycles. The summed E-state index contributed by atoms with van der Waals surface area (Å²) in [6, 6.07) is 13.8. The van der Waals surface area contributed by atoms with Crippen LogP contribution in [-0.2, 0) is 6.42 Å². The van der Waals surface area contributed by atoms with E-state index in [9.17, 15) is 4.39 Å². The van der Waals surface area contributed by atoms with Crippen molar-refractivity contribution in [3.05, 3.63) is 69.4 Å². The highest BCUT2D eigenvalue weighted by molar-refractivity contribution is 9.10. The normalized spacial score (nSPS) is 12.4. The van der Waals surface area contributed by atoms with E-state index >= 15 is 0 Å². The summed E-state index contributed by atoms with van der Waals surface area (Å²) in [6.07, 6.45) is 0.845. The summed E-state index contributed by atoms with van der Waals surface area (Å²) in [7, 11) is 1.90. The highest BCUT2D eigenvalue weighted by Crippen LogP contribution is 2.23. The van der Waals surface area contributed by atoms with Gasteiger partial charge in [-0.05, 0) is 59.6 Å². The standard InChI is InChI=1S/C16H17BrFN/c1-11-3-5-12(6-4-11)9-16(19-2)13-7-8-14(17)15(18)10-13/h3-8,10,16,19H,9H2,1-2H3. The Morgan fingerprint density at radius 3 is 2.42 bits per heavy atom. The molecule has 1 atom stereocenters. The molecular weight excluding hydrogens is 305 g/mol. The van der Waals surface area contributed by atoms with E-state index in [-0.39, 0.29) is 11.9 Å². The zero-order valence-corrected chi connectivity index (χ0v) is 12.7. The lowest BCUT2D eigenvalue weighted by atomic mass is 9.98. The lowest BCUT2D eigenvalue weighted by Gasteiger charge is -2.17. The molecule has 0 radical (unpaired) electrons. The summed E-state index contributed by atoms with van der Waals surface area (Å²) < 4.78 is 14.1. The monoisotopic (exact) mass is 321 g/mol. The zero-order chi connectivity index (χ0) is 13.8. The highest BCUT2D eigenvalue weighted by atomic mass is 79.9. The molecule has 0 saturated carbocycles. The van der Waals surface area contributed by atoms with Crippen molar-refractivity contribution in [2.75, 3.05) is 7.05 Å². The van der Waals surface area contributed by atoms with Crippen LogP contribution in [0.25, 0.3) is 0 Å². The molecule has 0 aromatic heterocycles. The first kappa shape index (κ1) is 14.2. The Morgan fingerprint density at radius 1 is 1.16 bits per heavy atom. The molecule has 0 aliphatic rings. The fraction of sp³-hybridized carbons (Fsp3) is 0.250. The number of hydrogen-bond donors (Lipinski definition) is 1. The minimum atomic E-state index is -0.221. The first-order valence-electron chi connectivity index (χ1n) is 6.28. The molecule has 0 spiro atoms. The Hall–Kier alpha value is -1.19. The molecule has 0 fully saturated rings. The molecule has 0 bridgehead atoms. The Morgan fingerprint density at radius 2 is 1.84 bits per heavy atom. The van der Waals surface area contributed by atoms with Gasteiger partial charge in [0.15, 0.2) is 0 Å². The summed E-state index contributed by atoms with van der Waals surface area (Å²) in [5.41, 5.74) is 3.46. The van der Waals surface area contributed by atoms with Crippen molar-refractivity contribution >= 4 is 15.9 Å². The van der Waals surface area contributed by atoms with Gasteiger partial charge < -0.3 is 5.32 Å². The fourth-order valence-corrected chi connectivity index (χ4v) is 2.32. The van der Waals surface area contributed by atoms with Gasteiger partial charge in [-0.2, -0.15) is 0 Å². The largest absolute Gasteiger partial charge is 0.313 e. The van der Waals surface area contributed by atoms with E-state index in [1.165, 1.54) is 11.1 Å². The summed E-state index contributed by atoms with van der Waals surface area (Å²) >= 11 is 3.18. The van der Waals surface area contributed by atoms with Crippen molar-refractivity contribution in [2.24, 2.45) is 0 Å². The second-order valence-electron chi connectivity index (χ2n) is 4.70. The quantitative estimate of drug-likeness (QED) is 0.880. The third-order valence-corrected chi connectivity index (χ3v) is 3.90. The minimum absolute atomic E-state index is 0.116. The van der Waals surface area contributed by atoms with E-state index in [2.05, 4.69) is 52.4 Å². The fourth-order valence-electron chi connectivity index (χ4n) is 2.08. The molecule has 0 aliphatic heterocycles. The lowest BCUT2D eigenvalue weighted by molar-refractivity contribution is 0.575. The van der Waals surface area contributed by atoms with Gasteiger partial charge in [-0.25, -0.2) is 4.39 Å². The summed E-state index contributed by atoms with van der Waals surface area (Å²) in [6.45, 7) is 2.07. The van der Waals surface area contributed by atoms with Crippen molar-refractivity contribution < 1.29 is 4.39 Å². The van der Waals surface area contributed by atoms with Crippen molar-refractivity contribution in [3.63, 3.8) is 0 Å². The van der Waals surface area contributed by atoms with E-state index in [0.717, 1.165) is 12.0 Å². The van der Waals surface area contributed by atoms with Crippen molar-refractivity contribution in [2.45, 2.75) is 19.4 Å². The van der Waals surface area contributed by atoms with Crippen LogP contribution in [0.2, 0.25) is 0 Å². The van der Waals surface area contributed by atoms with Gasteiger partial charge in [-0.1, -0.05) is 35.9 Å². The van der Waals surface area contributed by atoms with Gasteiger partial charge in [0.2, 0.25) is 0 Å². The predicted molar refractivity (Wildman–Crippen MR) is 80.8 cm³/mol. The topological polar surface area (TPSA) is 12.0 Å². The second-order valence-corrected chi connectivity index (χ2v) is 5.56. The summed E-state index contributed by atoms with van der Waals surface area (Å²) in [5.74, 6) is -0.221. The first-order chi connectivity index (χ1) is 9.10. The van der Waals surface area contributed by atoms with Gasteiger partial charge in [0.1, 0.15) is 5.82 Å². The highest BCUT2D eigenvalue weighted by Gasteiger charge is 2.12. The number of rotatable bonds is 4. The molecule has 0 saturated heterocycles. The maximum Gasteiger partial charge on any atom is 0.137 e. The molecule has 2 rings (SSSR count). The maximum atomic E-state index is 13.6. The molecule has 1 N–H and O–H groups in total. The van der Waals surface area contributed by atoms with Crippen LogP contribution in [0, 0.1) is 12.7 Å². The average molecular weight is 322 g/mol. The van der Waals surface area contributed by atoms with Crippen LogP contribution in [0.5, 0.6) is 0 Å². The molecule has 0 aliphatic carbocycles. The Labute approximate surface area is 122 Å². The van der Waals surface area contributed by atoms with E-state index in [4.69, 9.17) is 0 Å². The molecular formula is C16H17BrFN. The van der Waals surface area contributed by atoms with E-state index in [0.29, 0.717) is 4.47 Å². The molecule has 2 aromatic rings. The number of nitrogens with one attached hydrogen (secondary N) is 1. The molecule has 0 amide bonds. The number of benzene rings is 2. The molecule has 1 nitrogen and oxygen atoms in total. The van der Waals surface area contributed by atoms with Crippen molar-refractivity contribution in [1.82, 2.24) is 5.32 Å². The lowest BCUT2D eigenvalue weighted by Crippen LogP contribution is -2.19. The minimum Gasteiger partial charge on any atom is -0.313 e. The average Bonchev–Trinajstić information content (AvgIpc) is 2.41. The Balaban J connectivity index is 2.19. The molecule has 100 valence electrons. The third-order valence-electron chi connectivity index (χ3n) is 3.25. The maximum absolute atomic E-state index is 13.6. The SMILES string of the molecule is CNC(Cc1ccc(C)cc1)c1ccc(Br)c(F)c1. The predicted octanol–water partition coefficient (Wildman–Crippen LogP) is 4.40. The number of aryl methyl sites for hydroxylation is 1. The van der Waals surface area contributed by atoms with Crippen LogP contribution in [-0.4, -0.2) is 7.05 Å². The van der Waals surface area contributed by atoms with Gasteiger partial charge in [0.25, 0.3) is 0 Å². The Kier molecular flexibility index (Phi) is 4.72. The molecule has 3 heteroatoms. The Bertz CT molecular complexity index is 551. The van der Waals surface area contributed by atoms with Crippen LogP contribution in [0.3, 0.4) is 0 Å². The summed E-state index contributed by atoms with van der Waals surface area (Å²) in [4.78, 5) is 0. The van der Waals surface area contributed by atoms with E-state index in [1.807, 2.05) is 13.1 Å². The van der Waals surface area contributed by atoms with Crippen LogP contribution in [0.15, 0.2) is 46.9 Å². The van der Waals surface area contributed by atoms with Gasteiger partial charge in [0.05, 0.1) is 4.47 Å². The van der Waals surface area contributed by atoms with Gasteiger partial charge in [-0.3, -0.25) is 0 Å². The number of hydrogen-bond acceptors (Lipinski definition) is 1. The van der Waals surface area contributed by atoms with Gasteiger partial charge in [-0.15, -0.1) is 0 Å². The molecule has 19 heavy (non-hydrogen) atoms. The molecule has 1 unspecified atom stereocenters. The number of halogens is 2. The molecule has 2 aromatic carbocycles.